The molecule has 1 saturated heterocycles. The Kier molecular flexibility index (Phi) is 6.72. The second-order valence-corrected chi connectivity index (χ2v) is 9.15. The van der Waals surface area contributed by atoms with E-state index in [0.717, 1.165) is 51.6 Å². The molecule has 0 bridgehead atoms. The van der Waals surface area contributed by atoms with Crippen LogP contribution < -0.4 is 26.4 Å². The van der Waals surface area contributed by atoms with Gasteiger partial charge in [-0.05, 0) is 69.9 Å². The van der Waals surface area contributed by atoms with Crippen molar-refractivity contribution >= 4 is 28.8 Å². The predicted octanol–water partition coefficient (Wildman–Crippen LogP) is 3.33. The van der Waals surface area contributed by atoms with Crippen molar-refractivity contribution < 1.29 is 9.59 Å². The monoisotopic (exact) mass is 437 g/mol. The number of Topliss-reactive ketones (excluding diaryl/α,β-unsaturated/α-hetero) is 1. The lowest BCUT2D eigenvalue weighted by Gasteiger charge is -2.32. The summed E-state index contributed by atoms with van der Waals surface area (Å²) in [5, 5.41) is 6.19. The topological polar surface area (TPSA) is 95.6 Å². The van der Waals surface area contributed by atoms with Crippen LogP contribution in [0.15, 0.2) is 33.9 Å². The number of hydrogen-bond acceptors (Lipinski definition) is 6. The van der Waals surface area contributed by atoms with Gasteiger partial charge in [0.05, 0.1) is 0 Å². The Balaban J connectivity index is 1.27. The molecule has 0 atom stereocenters. The van der Waals surface area contributed by atoms with Gasteiger partial charge in [0.1, 0.15) is 11.4 Å². The summed E-state index contributed by atoms with van der Waals surface area (Å²) < 4.78 is 0. The third-order valence-electron chi connectivity index (χ3n) is 6.88. The number of carbonyl (C=O) groups is 2. The van der Waals surface area contributed by atoms with Crippen LogP contribution in [0.3, 0.4) is 0 Å². The molecule has 4 rings (SSSR count). The van der Waals surface area contributed by atoms with Gasteiger partial charge in [-0.25, -0.2) is 0 Å². The third-order valence-corrected chi connectivity index (χ3v) is 6.88. The van der Waals surface area contributed by atoms with E-state index in [2.05, 4.69) is 15.5 Å². The van der Waals surface area contributed by atoms with Crippen LogP contribution in [0.5, 0.6) is 0 Å². The lowest BCUT2D eigenvalue weighted by molar-refractivity contribution is -0.121. The quantitative estimate of drug-likeness (QED) is 0.510. The SMILES string of the molecule is CC(=O)c1cccc(NC(=O)C2CCC(CNc3c(N4CCCCC4)c(=O)c3=O)CC2)c1. The fourth-order valence-corrected chi connectivity index (χ4v) is 4.90. The molecule has 170 valence electrons. The Morgan fingerprint density at radius 1 is 1.00 bits per heavy atom. The molecule has 1 heterocycles. The molecule has 0 aromatic heterocycles. The van der Waals surface area contributed by atoms with Gasteiger partial charge in [0, 0.05) is 36.8 Å². The average molecular weight is 438 g/mol. The lowest BCUT2D eigenvalue weighted by Crippen LogP contribution is -2.45. The second kappa shape index (κ2) is 9.67. The highest BCUT2D eigenvalue weighted by Gasteiger charge is 2.29. The Hall–Kier alpha value is -2.96. The summed E-state index contributed by atoms with van der Waals surface area (Å²) in [5.41, 5.74) is 1.55. The molecule has 7 nitrogen and oxygen atoms in total. The molecule has 7 heteroatoms. The fourth-order valence-electron chi connectivity index (χ4n) is 4.90. The van der Waals surface area contributed by atoms with Crippen LogP contribution in [0, 0.1) is 11.8 Å². The normalized spacial score (nSPS) is 21.3. The number of ketones is 1. The number of nitrogens with one attached hydrogen (secondary N) is 2. The lowest BCUT2D eigenvalue weighted by atomic mass is 9.81. The smallest absolute Gasteiger partial charge is 0.253 e. The summed E-state index contributed by atoms with van der Waals surface area (Å²) in [6.07, 6.45) is 6.66. The van der Waals surface area contributed by atoms with Gasteiger partial charge in [-0.3, -0.25) is 19.2 Å². The van der Waals surface area contributed by atoms with Crippen molar-refractivity contribution in [1.29, 1.82) is 0 Å². The maximum absolute atomic E-state index is 12.7. The van der Waals surface area contributed by atoms with Crippen LogP contribution in [-0.4, -0.2) is 31.3 Å². The highest BCUT2D eigenvalue weighted by atomic mass is 16.2. The van der Waals surface area contributed by atoms with Crippen LogP contribution >= 0.6 is 0 Å². The van der Waals surface area contributed by atoms with Gasteiger partial charge in [0.25, 0.3) is 10.9 Å². The molecule has 0 unspecified atom stereocenters. The van der Waals surface area contributed by atoms with Crippen LogP contribution in [0.25, 0.3) is 0 Å². The molecule has 2 aromatic rings. The van der Waals surface area contributed by atoms with Gasteiger partial charge in [-0.1, -0.05) is 12.1 Å². The summed E-state index contributed by atoms with van der Waals surface area (Å²) in [4.78, 5) is 50.5. The number of amides is 1. The Morgan fingerprint density at radius 3 is 2.41 bits per heavy atom. The molecule has 1 aliphatic heterocycles. The number of piperidine rings is 1. The molecule has 0 spiro atoms. The Labute approximate surface area is 187 Å². The molecule has 2 fully saturated rings. The molecule has 0 radical (unpaired) electrons. The van der Waals surface area contributed by atoms with Crippen molar-refractivity contribution in [2.24, 2.45) is 11.8 Å². The van der Waals surface area contributed by atoms with E-state index < -0.39 is 5.43 Å². The number of carbonyl (C=O) groups excluding carboxylic acids is 2. The van der Waals surface area contributed by atoms with Gasteiger partial charge >= 0.3 is 0 Å². The third kappa shape index (κ3) is 4.76. The van der Waals surface area contributed by atoms with Crippen molar-refractivity contribution in [3.63, 3.8) is 0 Å². The number of anilines is 3. The van der Waals surface area contributed by atoms with E-state index in [-0.39, 0.29) is 23.0 Å². The van der Waals surface area contributed by atoms with E-state index in [1.807, 2.05) is 0 Å². The zero-order valence-corrected chi connectivity index (χ0v) is 18.6. The summed E-state index contributed by atoms with van der Waals surface area (Å²) in [6.45, 7) is 3.85. The molecule has 1 aliphatic carbocycles. The van der Waals surface area contributed by atoms with Crippen LogP contribution in [0.1, 0.15) is 62.2 Å². The van der Waals surface area contributed by atoms with Crippen LogP contribution in [-0.2, 0) is 4.79 Å². The summed E-state index contributed by atoms with van der Waals surface area (Å²) in [6, 6.07) is 7.02. The minimum atomic E-state index is -0.397. The van der Waals surface area contributed by atoms with E-state index in [0.29, 0.717) is 35.1 Å². The summed E-state index contributed by atoms with van der Waals surface area (Å²) in [7, 11) is 0. The van der Waals surface area contributed by atoms with Crippen molar-refractivity contribution in [2.45, 2.75) is 51.9 Å². The molecule has 1 amide bonds. The maximum atomic E-state index is 12.7. The zero-order valence-electron chi connectivity index (χ0n) is 18.6. The Morgan fingerprint density at radius 2 is 1.72 bits per heavy atom. The van der Waals surface area contributed by atoms with E-state index in [1.165, 1.54) is 13.3 Å². The summed E-state index contributed by atoms with van der Waals surface area (Å²) in [5.74, 6) is 0.284. The molecule has 2 aliphatic rings. The van der Waals surface area contributed by atoms with Gasteiger partial charge in [-0.2, -0.15) is 0 Å². The zero-order chi connectivity index (χ0) is 22.7. The van der Waals surface area contributed by atoms with Gasteiger partial charge in [0.2, 0.25) is 5.91 Å². The standard InChI is InChI=1S/C25H31N3O4/c1-16(29)19-6-5-7-20(14-19)27-25(32)18-10-8-17(9-11-18)15-26-21-22(24(31)23(21)30)28-12-3-2-4-13-28/h5-7,14,17-18,26H,2-4,8-13,15H2,1H3,(H,27,32). The fraction of sp³-hybridized carbons (Fsp3) is 0.520. The number of nitrogens with zero attached hydrogens (tertiary/aromatic N) is 1. The molecule has 1 saturated carbocycles. The molecular weight excluding hydrogens is 406 g/mol. The highest BCUT2D eigenvalue weighted by molar-refractivity contribution is 5.97. The number of hydrogen-bond donors (Lipinski definition) is 2. The first kappa shape index (κ1) is 22.2. The molecular formula is C25H31N3O4. The number of benzene rings is 1. The maximum Gasteiger partial charge on any atom is 0.253 e. The first-order valence-electron chi connectivity index (χ1n) is 11.7. The van der Waals surface area contributed by atoms with Crippen molar-refractivity contribution in [3.8, 4) is 0 Å². The van der Waals surface area contributed by atoms with Gasteiger partial charge in [-0.15, -0.1) is 0 Å². The van der Waals surface area contributed by atoms with Crippen LogP contribution in [0.2, 0.25) is 0 Å². The molecule has 2 N–H and O–H groups in total. The Bertz CT molecular complexity index is 1060. The second-order valence-electron chi connectivity index (χ2n) is 9.15. The van der Waals surface area contributed by atoms with E-state index in [4.69, 9.17) is 0 Å². The van der Waals surface area contributed by atoms with Gasteiger partial charge < -0.3 is 15.5 Å². The summed E-state index contributed by atoms with van der Waals surface area (Å²) >= 11 is 0. The van der Waals surface area contributed by atoms with Gasteiger partial charge in [0.15, 0.2) is 5.78 Å². The van der Waals surface area contributed by atoms with E-state index in [1.54, 1.807) is 24.3 Å². The largest absolute Gasteiger partial charge is 0.380 e. The first-order chi connectivity index (χ1) is 15.4. The average Bonchev–Trinajstić information content (AvgIpc) is 2.82. The van der Waals surface area contributed by atoms with E-state index in [9.17, 15) is 19.2 Å². The minimum absolute atomic E-state index is 0.00743. The molecule has 2 aromatic carbocycles. The highest BCUT2D eigenvalue weighted by Crippen LogP contribution is 2.31. The first-order valence-corrected chi connectivity index (χ1v) is 11.7. The van der Waals surface area contributed by atoms with Crippen LogP contribution in [0.4, 0.5) is 17.1 Å². The predicted molar refractivity (Wildman–Crippen MR) is 126 cm³/mol. The van der Waals surface area contributed by atoms with Crippen molar-refractivity contribution in [3.05, 3.63) is 50.3 Å². The van der Waals surface area contributed by atoms with E-state index >= 15 is 0 Å². The van der Waals surface area contributed by atoms with Crippen molar-refractivity contribution in [2.75, 3.05) is 35.2 Å². The molecule has 32 heavy (non-hydrogen) atoms. The minimum Gasteiger partial charge on any atom is -0.380 e. The van der Waals surface area contributed by atoms with Crippen molar-refractivity contribution in [1.82, 2.24) is 0 Å². The number of rotatable bonds is 7.